The third kappa shape index (κ3) is 3.71. The van der Waals surface area contributed by atoms with E-state index in [0.29, 0.717) is 12.0 Å². The highest BCUT2D eigenvalue weighted by Gasteiger charge is 2.22. The van der Waals surface area contributed by atoms with Crippen LogP contribution in [0.2, 0.25) is 0 Å². The van der Waals surface area contributed by atoms with Crippen LogP contribution in [0.25, 0.3) is 0 Å². The number of benzene rings is 1. The zero-order chi connectivity index (χ0) is 13.8. The summed E-state index contributed by atoms with van der Waals surface area (Å²) in [7, 11) is 0. The lowest BCUT2D eigenvalue weighted by Crippen LogP contribution is -2.38. The van der Waals surface area contributed by atoms with Gasteiger partial charge in [-0.3, -0.25) is 0 Å². The molecular formula is C16H26N2O. The highest BCUT2D eigenvalue weighted by molar-refractivity contribution is 5.54. The molecule has 3 heteroatoms. The van der Waals surface area contributed by atoms with E-state index >= 15 is 0 Å². The van der Waals surface area contributed by atoms with Crippen LogP contribution in [0.5, 0.6) is 0 Å². The van der Waals surface area contributed by atoms with Gasteiger partial charge in [-0.25, -0.2) is 0 Å². The Morgan fingerprint density at radius 2 is 2.11 bits per heavy atom. The summed E-state index contributed by atoms with van der Waals surface area (Å²) in [5, 5.41) is 12.7. The van der Waals surface area contributed by atoms with Crippen molar-refractivity contribution in [3.8, 4) is 0 Å². The van der Waals surface area contributed by atoms with Crippen LogP contribution in [0.1, 0.15) is 24.5 Å². The van der Waals surface area contributed by atoms with Crippen LogP contribution in [0.4, 0.5) is 5.69 Å². The first-order chi connectivity index (χ1) is 9.10. The van der Waals surface area contributed by atoms with E-state index < -0.39 is 0 Å². The quantitative estimate of drug-likeness (QED) is 0.875. The first kappa shape index (κ1) is 14.4. The molecule has 3 nitrogen and oxygen atoms in total. The molecular weight excluding hydrogens is 236 g/mol. The van der Waals surface area contributed by atoms with Gasteiger partial charge in [-0.15, -0.1) is 0 Å². The maximum absolute atomic E-state index is 9.17. The minimum Gasteiger partial charge on any atom is -0.396 e. The van der Waals surface area contributed by atoms with Crippen LogP contribution >= 0.6 is 0 Å². The molecule has 2 atom stereocenters. The Bertz CT molecular complexity index is 419. The predicted molar refractivity (Wildman–Crippen MR) is 80.8 cm³/mol. The Morgan fingerprint density at radius 3 is 2.79 bits per heavy atom. The van der Waals surface area contributed by atoms with E-state index in [4.69, 9.17) is 5.11 Å². The van der Waals surface area contributed by atoms with Gasteiger partial charge in [-0.2, -0.15) is 0 Å². The number of nitrogens with one attached hydrogen (secondary N) is 1. The molecule has 1 saturated heterocycles. The minimum absolute atomic E-state index is 0.257. The molecule has 0 aliphatic carbocycles. The first-order valence-corrected chi connectivity index (χ1v) is 7.26. The summed E-state index contributed by atoms with van der Waals surface area (Å²) >= 11 is 0. The number of nitrogens with zero attached hydrogens (tertiary/aromatic N) is 1. The van der Waals surface area contributed by atoms with Crippen molar-refractivity contribution in [3.63, 3.8) is 0 Å². The Hall–Kier alpha value is -1.06. The molecule has 2 N–H and O–H groups in total. The standard InChI is InChI=1S/C16H26N2O/c1-12-4-5-16(14(3)8-12)18-10-13(2)9-17-15(11-18)6-7-19/h4-5,8,13,15,17,19H,6-7,9-11H2,1-3H3. The Kier molecular flexibility index (Phi) is 4.83. The monoisotopic (exact) mass is 262 g/mol. The van der Waals surface area contributed by atoms with Gasteiger partial charge < -0.3 is 15.3 Å². The second-order valence-corrected chi connectivity index (χ2v) is 5.92. The number of aryl methyl sites for hydroxylation is 2. The van der Waals surface area contributed by atoms with Crippen LogP contribution in [-0.4, -0.2) is 37.4 Å². The molecule has 106 valence electrons. The Morgan fingerprint density at radius 1 is 1.32 bits per heavy atom. The van der Waals surface area contributed by atoms with Crippen molar-refractivity contribution < 1.29 is 5.11 Å². The fourth-order valence-corrected chi connectivity index (χ4v) is 2.92. The van der Waals surface area contributed by atoms with Gasteiger partial charge in [-0.05, 0) is 44.4 Å². The Labute approximate surface area is 116 Å². The molecule has 0 radical (unpaired) electrons. The molecule has 1 aromatic rings. The maximum Gasteiger partial charge on any atom is 0.0446 e. The van der Waals surface area contributed by atoms with Crippen LogP contribution in [0.3, 0.4) is 0 Å². The molecule has 2 unspecified atom stereocenters. The van der Waals surface area contributed by atoms with Gasteiger partial charge in [0.05, 0.1) is 0 Å². The summed E-state index contributed by atoms with van der Waals surface area (Å²) in [6.07, 6.45) is 0.828. The first-order valence-electron chi connectivity index (χ1n) is 7.26. The van der Waals surface area contributed by atoms with Gasteiger partial charge in [-0.1, -0.05) is 24.6 Å². The summed E-state index contributed by atoms with van der Waals surface area (Å²) < 4.78 is 0. The topological polar surface area (TPSA) is 35.5 Å². The average Bonchev–Trinajstić information content (AvgIpc) is 2.52. The molecule has 0 saturated carbocycles. The fraction of sp³-hybridized carbons (Fsp3) is 0.625. The van der Waals surface area contributed by atoms with Crippen molar-refractivity contribution in [2.45, 2.75) is 33.2 Å². The summed E-state index contributed by atoms with van der Waals surface area (Å²) in [5.74, 6) is 0.629. The van der Waals surface area contributed by atoms with Crippen molar-refractivity contribution in [1.82, 2.24) is 5.32 Å². The Balaban J connectivity index is 2.19. The van der Waals surface area contributed by atoms with Crippen LogP contribution < -0.4 is 10.2 Å². The van der Waals surface area contributed by atoms with Crippen molar-refractivity contribution in [3.05, 3.63) is 29.3 Å². The van der Waals surface area contributed by atoms with Crippen molar-refractivity contribution >= 4 is 5.69 Å². The summed E-state index contributed by atoms with van der Waals surface area (Å²) in [5.41, 5.74) is 4.00. The van der Waals surface area contributed by atoms with Gasteiger partial charge >= 0.3 is 0 Å². The molecule has 1 heterocycles. The van der Waals surface area contributed by atoms with Gasteiger partial charge in [0.2, 0.25) is 0 Å². The molecule has 0 aromatic heterocycles. The number of hydrogen-bond acceptors (Lipinski definition) is 3. The van der Waals surface area contributed by atoms with Crippen LogP contribution in [0, 0.1) is 19.8 Å². The minimum atomic E-state index is 0.257. The SMILES string of the molecule is Cc1ccc(N2CC(C)CNC(CCO)C2)c(C)c1. The maximum atomic E-state index is 9.17. The van der Waals surface area contributed by atoms with Gasteiger partial charge in [0, 0.05) is 31.4 Å². The van der Waals surface area contributed by atoms with Crippen molar-refractivity contribution in [1.29, 1.82) is 0 Å². The molecule has 0 spiro atoms. The fourth-order valence-electron chi connectivity index (χ4n) is 2.92. The number of aliphatic hydroxyl groups excluding tert-OH is 1. The molecule has 19 heavy (non-hydrogen) atoms. The van der Waals surface area contributed by atoms with E-state index in [1.54, 1.807) is 0 Å². The van der Waals surface area contributed by atoms with Crippen molar-refractivity contribution in [2.75, 3.05) is 31.1 Å². The third-order valence-electron chi connectivity index (χ3n) is 3.90. The zero-order valence-electron chi connectivity index (χ0n) is 12.3. The predicted octanol–water partition coefficient (Wildman–Crippen LogP) is 2.10. The van der Waals surface area contributed by atoms with Crippen molar-refractivity contribution in [2.24, 2.45) is 5.92 Å². The highest BCUT2D eigenvalue weighted by Crippen LogP contribution is 2.24. The lowest BCUT2D eigenvalue weighted by Gasteiger charge is -2.28. The summed E-state index contributed by atoms with van der Waals surface area (Å²) in [6.45, 7) is 9.96. The van der Waals surface area contributed by atoms with E-state index in [9.17, 15) is 0 Å². The molecule has 1 aliphatic rings. The summed E-state index contributed by atoms with van der Waals surface area (Å²) in [6, 6.07) is 7.06. The van der Waals surface area contributed by atoms with E-state index in [2.05, 4.69) is 49.2 Å². The molecule has 0 amide bonds. The molecule has 1 fully saturated rings. The van der Waals surface area contributed by atoms with E-state index in [0.717, 1.165) is 26.1 Å². The zero-order valence-corrected chi connectivity index (χ0v) is 12.3. The lowest BCUT2D eigenvalue weighted by molar-refractivity contribution is 0.266. The summed E-state index contributed by atoms with van der Waals surface area (Å²) in [4.78, 5) is 2.47. The molecule has 0 bridgehead atoms. The van der Waals surface area contributed by atoms with E-state index in [1.807, 2.05) is 0 Å². The number of hydrogen-bond donors (Lipinski definition) is 2. The van der Waals surface area contributed by atoms with Gasteiger partial charge in [0.25, 0.3) is 0 Å². The normalized spacial score (nSPS) is 24.3. The average molecular weight is 262 g/mol. The van der Waals surface area contributed by atoms with Gasteiger partial charge in [0.1, 0.15) is 0 Å². The number of aliphatic hydroxyl groups is 1. The van der Waals surface area contributed by atoms with Gasteiger partial charge in [0.15, 0.2) is 0 Å². The smallest absolute Gasteiger partial charge is 0.0446 e. The van der Waals surface area contributed by atoms with E-state index in [-0.39, 0.29) is 6.61 Å². The highest BCUT2D eigenvalue weighted by atomic mass is 16.3. The second kappa shape index (κ2) is 6.40. The number of rotatable bonds is 3. The van der Waals surface area contributed by atoms with Crippen LogP contribution in [-0.2, 0) is 0 Å². The van der Waals surface area contributed by atoms with Crippen LogP contribution in [0.15, 0.2) is 18.2 Å². The lowest BCUT2D eigenvalue weighted by atomic mass is 10.1. The third-order valence-corrected chi connectivity index (χ3v) is 3.90. The second-order valence-electron chi connectivity index (χ2n) is 5.92. The molecule has 1 aliphatic heterocycles. The van der Waals surface area contributed by atoms with E-state index in [1.165, 1.54) is 16.8 Å². The molecule has 1 aromatic carbocycles. The molecule has 2 rings (SSSR count). The largest absolute Gasteiger partial charge is 0.396 e. The number of anilines is 1.